The predicted octanol–water partition coefficient (Wildman–Crippen LogP) is 3.65. The number of nitrogens with one attached hydrogen (secondary N) is 1. The van der Waals surface area contributed by atoms with E-state index in [4.69, 9.17) is 16.3 Å². The molecule has 2 fully saturated rings. The van der Waals surface area contributed by atoms with Crippen LogP contribution in [0, 0.1) is 5.92 Å². The number of ether oxygens (including phenoxy) is 1. The van der Waals surface area contributed by atoms with Crippen LogP contribution in [-0.2, 0) is 11.3 Å². The number of carbonyl (C=O) groups is 2. The summed E-state index contributed by atoms with van der Waals surface area (Å²) in [4.78, 5) is 35.2. The van der Waals surface area contributed by atoms with Gasteiger partial charge in [-0.15, -0.1) is 0 Å². The third kappa shape index (κ3) is 5.46. The smallest absolute Gasteiger partial charge is 0.387 e. The summed E-state index contributed by atoms with van der Waals surface area (Å²) < 4.78 is 34.1. The first-order valence-corrected chi connectivity index (χ1v) is 13.5. The number of halogens is 3. The van der Waals surface area contributed by atoms with Crippen molar-refractivity contribution in [3.63, 3.8) is 0 Å². The van der Waals surface area contributed by atoms with Gasteiger partial charge in [0.25, 0.3) is 5.91 Å². The zero-order valence-corrected chi connectivity index (χ0v) is 22.8. The Labute approximate surface area is 238 Å². The zero-order chi connectivity index (χ0) is 28.7. The highest BCUT2D eigenvalue weighted by atomic mass is 35.5. The number of amides is 2. The third-order valence-electron chi connectivity index (χ3n) is 7.60. The minimum Gasteiger partial charge on any atom is -0.434 e. The number of benzene rings is 1. The predicted molar refractivity (Wildman–Crippen MR) is 146 cm³/mol. The molecule has 0 saturated carbocycles. The molecule has 2 aliphatic heterocycles. The number of likely N-dealkylation sites (tertiary alicyclic amines) is 2. The molecule has 0 radical (unpaired) electrons. The molecule has 4 aromatic rings. The highest BCUT2D eigenvalue weighted by molar-refractivity contribution is 6.31. The molecular formula is C27H27ClF2N8O3. The van der Waals surface area contributed by atoms with Crippen molar-refractivity contribution >= 4 is 34.7 Å². The van der Waals surface area contributed by atoms with Crippen LogP contribution < -0.4 is 10.1 Å². The molecule has 2 aliphatic rings. The van der Waals surface area contributed by atoms with E-state index in [-0.39, 0.29) is 51.8 Å². The fourth-order valence-corrected chi connectivity index (χ4v) is 5.93. The lowest BCUT2D eigenvalue weighted by molar-refractivity contribution is -0.133. The van der Waals surface area contributed by atoms with Crippen LogP contribution in [-0.4, -0.2) is 85.3 Å². The Hall–Kier alpha value is -4.10. The Bertz CT molecular complexity index is 1610. The Morgan fingerprint density at radius 3 is 2.93 bits per heavy atom. The van der Waals surface area contributed by atoms with Crippen LogP contribution in [0.25, 0.3) is 16.9 Å². The minimum atomic E-state index is -3.10. The number of hydrogen-bond donors (Lipinski definition) is 1. The maximum atomic E-state index is 13.4. The summed E-state index contributed by atoms with van der Waals surface area (Å²) in [5.41, 5.74) is 0.959. The molecule has 1 N–H and O–H groups in total. The van der Waals surface area contributed by atoms with Crippen molar-refractivity contribution in [3.05, 3.63) is 59.6 Å². The van der Waals surface area contributed by atoms with Gasteiger partial charge in [0.05, 0.1) is 11.9 Å². The van der Waals surface area contributed by atoms with Crippen LogP contribution in [0.5, 0.6) is 5.75 Å². The van der Waals surface area contributed by atoms with E-state index in [0.29, 0.717) is 18.1 Å². The lowest BCUT2D eigenvalue weighted by Crippen LogP contribution is -2.47. The van der Waals surface area contributed by atoms with Crippen LogP contribution in [0.1, 0.15) is 23.2 Å². The van der Waals surface area contributed by atoms with Gasteiger partial charge in [0.1, 0.15) is 23.6 Å². The van der Waals surface area contributed by atoms with E-state index in [1.54, 1.807) is 12.3 Å². The number of anilines is 1. The molecule has 6 rings (SSSR count). The van der Waals surface area contributed by atoms with E-state index in [9.17, 15) is 18.4 Å². The van der Waals surface area contributed by atoms with Gasteiger partial charge >= 0.3 is 6.61 Å². The van der Waals surface area contributed by atoms with Crippen molar-refractivity contribution < 1.29 is 23.1 Å². The highest BCUT2D eigenvalue weighted by Gasteiger charge is 2.39. The Morgan fingerprint density at radius 1 is 1.24 bits per heavy atom. The molecule has 2 atom stereocenters. The van der Waals surface area contributed by atoms with Crippen LogP contribution in [0.3, 0.4) is 0 Å². The van der Waals surface area contributed by atoms with Crippen LogP contribution >= 0.6 is 11.6 Å². The summed E-state index contributed by atoms with van der Waals surface area (Å²) >= 11 is 6.21. The van der Waals surface area contributed by atoms with E-state index in [0.717, 1.165) is 25.9 Å². The number of fused-ring (bicyclic) bond motifs is 2. The first-order chi connectivity index (χ1) is 19.8. The number of aromatic nitrogens is 5. The van der Waals surface area contributed by atoms with Gasteiger partial charge < -0.3 is 19.9 Å². The Balaban J connectivity index is 1.33. The van der Waals surface area contributed by atoms with Crippen LogP contribution in [0.15, 0.2) is 49.1 Å². The van der Waals surface area contributed by atoms with E-state index >= 15 is 0 Å². The molecule has 1 aromatic carbocycles. The molecule has 14 heteroatoms. The number of nitrogens with zero attached hydrogens (tertiary/aromatic N) is 7. The van der Waals surface area contributed by atoms with Crippen molar-refractivity contribution in [3.8, 4) is 17.0 Å². The first-order valence-electron chi connectivity index (χ1n) is 13.2. The maximum Gasteiger partial charge on any atom is 0.387 e. The molecule has 2 amide bonds. The van der Waals surface area contributed by atoms with Crippen molar-refractivity contribution in [2.24, 2.45) is 5.92 Å². The summed E-state index contributed by atoms with van der Waals surface area (Å²) in [5, 5.41) is 11.7. The van der Waals surface area contributed by atoms with E-state index < -0.39 is 12.5 Å². The van der Waals surface area contributed by atoms with E-state index in [1.165, 1.54) is 46.0 Å². The number of carbonyl (C=O) groups excluding carboxylic acids is 2. The van der Waals surface area contributed by atoms with Crippen LogP contribution in [0.2, 0.25) is 5.02 Å². The molecule has 41 heavy (non-hydrogen) atoms. The van der Waals surface area contributed by atoms with Gasteiger partial charge in [0.2, 0.25) is 5.91 Å². The highest BCUT2D eigenvalue weighted by Crippen LogP contribution is 2.37. The lowest BCUT2D eigenvalue weighted by atomic mass is 9.93. The summed E-state index contributed by atoms with van der Waals surface area (Å²) in [6, 6.07) is 5.99. The van der Waals surface area contributed by atoms with Crippen molar-refractivity contribution in [2.75, 3.05) is 32.0 Å². The third-order valence-corrected chi connectivity index (χ3v) is 7.84. The lowest BCUT2D eigenvalue weighted by Gasteiger charge is -2.36. The average molecular weight is 585 g/mol. The Morgan fingerprint density at radius 2 is 2.10 bits per heavy atom. The Kier molecular flexibility index (Phi) is 7.30. The standard InChI is InChI=1S/C27H27ClF2N8O3/c1-35-9-6-21-16(13-35)5-10-37(21)23(39)15-36-14-20(33-26(40)19-12-32-38-8-2-7-31-25(19)38)24(34-36)18-11-17(28)3-4-22(18)41-27(29)30/h2-4,7-8,11-12,14,16,21,27H,5-6,9-10,13,15H2,1H3,(H,33,40)/t16-,21?/m1/s1. The topological polar surface area (TPSA) is 110 Å². The molecule has 2 saturated heterocycles. The van der Waals surface area contributed by atoms with E-state index in [1.807, 2.05) is 4.90 Å². The average Bonchev–Trinajstić information content (AvgIpc) is 3.66. The zero-order valence-electron chi connectivity index (χ0n) is 22.1. The number of hydrogen-bond acceptors (Lipinski definition) is 7. The van der Waals surface area contributed by atoms with Gasteiger partial charge in [-0.3, -0.25) is 14.3 Å². The van der Waals surface area contributed by atoms with Crippen LogP contribution in [0.4, 0.5) is 14.5 Å². The maximum absolute atomic E-state index is 13.4. The van der Waals surface area contributed by atoms with Crippen molar-refractivity contribution in [1.82, 2.24) is 34.2 Å². The van der Waals surface area contributed by atoms with Gasteiger partial charge in [0, 0.05) is 48.3 Å². The largest absolute Gasteiger partial charge is 0.434 e. The van der Waals surface area contributed by atoms with Gasteiger partial charge in [-0.25, -0.2) is 9.50 Å². The molecular weight excluding hydrogens is 558 g/mol. The number of rotatable bonds is 7. The first kappa shape index (κ1) is 27.1. The van der Waals surface area contributed by atoms with E-state index in [2.05, 4.69) is 32.4 Å². The summed E-state index contributed by atoms with van der Waals surface area (Å²) in [6.07, 6.45) is 7.92. The molecule has 0 spiro atoms. The second-order valence-corrected chi connectivity index (χ2v) is 10.7. The second-order valence-electron chi connectivity index (χ2n) is 10.3. The summed E-state index contributed by atoms with van der Waals surface area (Å²) in [5.74, 6) is -0.391. The number of piperidine rings is 1. The molecule has 11 nitrogen and oxygen atoms in total. The summed E-state index contributed by atoms with van der Waals surface area (Å²) in [7, 11) is 2.09. The monoisotopic (exact) mass is 584 g/mol. The summed E-state index contributed by atoms with van der Waals surface area (Å²) in [6.45, 7) is -0.642. The molecule has 1 unspecified atom stereocenters. The molecule has 214 valence electrons. The van der Waals surface area contributed by atoms with Crippen molar-refractivity contribution in [1.29, 1.82) is 0 Å². The second kappa shape index (κ2) is 11.1. The van der Waals surface area contributed by atoms with Gasteiger partial charge in [0.15, 0.2) is 5.65 Å². The fraction of sp³-hybridized carbons (Fsp3) is 0.370. The normalized spacial score (nSPS) is 19.1. The quantitative estimate of drug-likeness (QED) is 0.353. The van der Waals surface area contributed by atoms with Gasteiger partial charge in [-0.1, -0.05) is 11.6 Å². The number of alkyl halides is 2. The molecule has 0 aliphatic carbocycles. The van der Waals surface area contributed by atoms with Gasteiger partial charge in [-0.2, -0.15) is 19.0 Å². The fourth-order valence-electron chi connectivity index (χ4n) is 5.76. The molecule has 3 aromatic heterocycles. The van der Waals surface area contributed by atoms with Gasteiger partial charge in [-0.05, 0) is 56.6 Å². The SMILES string of the molecule is CN1CCC2[C@H](CCN2C(=O)Cn2cc(NC(=O)c3cnn4cccnc34)c(-c3cc(Cl)ccc3OC(F)F)n2)C1. The van der Waals surface area contributed by atoms with Crippen molar-refractivity contribution in [2.45, 2.75) is 32.0 Å². The molecule has 0 bridgehead atoms. The molecule has 5 heterocycles. The minimum absolute atomic E-state index is 0.0915.